The van der Waals surface area contributed by atoms with Crippen molar-refractivity contribution in [2.45, 2.75) is 13.3 Å². The molecule has 1 radical (unpaired) electrons. The first-order chi connectivity index (χ1) is 2.41. The maximum Gasteiger partial charge on any atom is 0.0373 e. The van der Waals surface area contributed by atoms with Crippen molar-refractivity contribution >= 4 is 10.2 Å². The normalized spacial score (nSPS) is 10.0. The SMILES string of the molecule is CC/C=C/[SiH2]. The topological polar surface area (TPSA) is 0 Å². The van der Waals surface area contributed by atoms with E-state index in [1.165, 1.54) is 6.42 Å². The van der Waals surface area contributed by atoms with Crippen molar-refractivity contribution in [2.24, 2.45) is 0 Å². The molecule has 0 saturated carbocycles. The van der Waals surface area contributed by atoms with Gasteiger partial charge in [0.15, 0.2) is 0 Å². The summed E-state index contributed by atoms with van der Waals surface area (Å²) in [5, 5.41) is 0. The summed E-state index contributed by atoms with van der Waals surface area (Å²) in [4.78, 5) is 0. The molecule has 0 nitrogen and oxygen atoms in total. The zero-order chi connectivity index (χ0) is 4.12. The predicted octanol–water partition coefficient (Wildman–Crippen LogP) is 0.543. The van der Waals surface area contributed by atoms with Crippen molar-refractivity contribution in [3.8, 4) is 0 Å². The summed E-state index contributed by atoms with van der Waals surface area (Å²) in [7, 11) is 1.87. The van der Waals surface area contributed by atoms with E-state index >= 15 is 0 Å². The van der Waals surface area contributed by atoms with Crippen LogP contribution in [0, 0.1) is 0 Å². The van der Waals surface area contributed by atoms with Crippen LogP contribution in [0.1, 0.15) is 13.3 Å². The van der Waals surface area contributed by atoms with Gasteiger partial charge in [-0.15, -0.1) is 5.70 Å². The van der Waals surface area contributed by atoms with Crippen LogP contribution >= 0.6 is 0 Å². The lowest BCUT2D eigenvalue weighted by Crippen LogP contribution is -1.49. The first-order valence-corrected chi connectivity index (χ1v) is 2.67. The van der Waals surface area contributed by atoms with Crippen molar-refractivity contribution < 1.29 is 0 Å². The standard InChI is InChI=1S/C4H9Si/c1-2-3-4-5/h3-4H,2,5H2,1H3/b4-3+. The van der Waals surface area contributed by atoms with Crippen LogP contribution in [0.5, 0.6) is 0 Å². The molecule has 0 aliphatic heterocycles. The van der Waals surface area contributed by atoms with Crippen molar-refractivity contribution in [3.05, 3.63) is 11.8 Å². The third-order valence-corrected chi connectivity index (χ3v) is 0.736. The van der Waals surface area contributed by atoms with Crippen molar-refractivity contribution in [1.82, 2.24) is 0 Å². The Labute approximate surface area is 36.3 Å². The molecule has 0 aliphatic carbocycles. The van der Waals surface area contributed by atoms with Gasteiger partial charge in [-0.05, 0) is 6.42 Å². The second-order valence-corrected chi connectivity index (χ2v) is 1.35. The molecule has 0 unspecified atom stereocenters. The molecule has 5 heavy (non-hydrogen) atoms. The summed E-state index contributed by atoms with van der Waals surface area (Å²) < 4.78 is 0. The number of hydrogen-bond donors (Lipinski definition) is 0. The summed E-state index contributed by atoms with van der Waals surface area (Å²) in [5.74, 6) is 0. The quantitative estimate of drug-likeness (QED) is 0.408. The van der Waals surface area contributed by atoms with Crippen LogP contribution in [0.3, 0.4) is 0 Å². The van der Waals surface area contributed by atoms with Crippen molar-refractivity contribution in [2.75, 3.05) is 0 Å². The van der Waals surface area contributed by atoms with Crippen LogP contribution in [0.2, 0.25) is 0 Å². The van der Waals surface area contributed by atoms with Crippen molar-refractivity contribution in [1.29, 1.82) is 0 Å². The first kappa shape index (κ1) is 4.96. The third-order valence-electron chi connectivity index (χ3n) is 0.402. The van der Waals surface area contributed by atoms with Crippen LogP contribution in [0.15, 0.2) is 11.8 Å². The molecule has 0 heterocycles. The highest BCUT2D eigenvalue weighted by molar-refractivity contribution is 6.16. The lowest BCUT2D eigenvalue weighted by atomic mass is 10.5. The van der Waals surface area contributed by atoms with Crippen LogP contribution < -0.4 is 0 Å². The molecule has 0 bridgehead atoms. The molecule has 29 valence electrons. The summed E-state index contributed by atoms with van der Waals surface area (Å²) >= 11 is 0. The Morgan fingerprint density at radius 1 is 1.80 bits per heavy atom. The maximum atomic E-state index is 2.14. The summed E-state index contributed by atoms with van der Waals surface area (Å²) in [6, 6.07) is 0. The molecule has 0 aliphatic rings. The summed E-state index contributed by atoms with van der Waals surface area (Å²) in [6.07, 6.45) is 3.31. The maximum absolute atomic E-state index is 2.14. The van der Waals surface area contributed by atoms with E-state index in [-0.39, 0.29) is 0 Å². The van der Waals surface area contributed by atoms with E-state index in [0.29, 0.717) is 0 Å². The van der Waals surface area contributed by atoms with Crippen LogP contribution in [-0.4, -0.2) is 10.2 Å². The highest BCUT2D eigenvalue weighted by atomic mass is 28.1. The fraction of sp³-hybridized carbons (Fsp3) is 0.500. The summed E-state index contributed by atoms with van der Waals surface area (Å²) in [5.41, 5.74) is 2.08. The average Bonchev–Trinajstić information content (AvgIpc) is 1.41. The third kappa shape index (κ3) is 3.96. The fourth-order valence-corrected chi connectivity index (χ4v) is 0.500. The van der Waals surface area contributed by atoms with Gasteiger partial charge < -0.3 is 0 Å². The molecule has 0 fully saturated rings. The van der Waals surface area contributed by atoms with Gasteiger partial charge in [0.05, 0.1) is 0 Å². The van der Waals surface area contributed by atoms with E-state index in [0.717, 1.165) is 0 Å². The van der Waals surface area contributed by atoms with Gasteiger partial charge in [0, 0.05) is 10.2 Å². The van der Waals surface area contributed by atoms with Gasteiger partial charge in [0.1, 0.15) is 0 Å². The molecule has 0 spiro atoms. The second-order valence-electron chi connectivity index (χ2n) is 0.880. The number of hydrogen-bond acceptors (Lipinski definition) is 0. The lowest BCUT2D eigenvalue weighted by Gasteiger charge is -1.65. The minimum atomic E-state index is 1.17. The Balaban J connectivity index is 2.62. The van der Waals surface area contributed by atoms with Crippen LogP contribution in [-0.2, 0) is 0 Å². The largest absolute Gasteiger partial charge is 0.108 e. The molecule has 1 heteroatoms. The first-order valence-electron chi connectivity index (χ1n) is 1.86. The van der Waals surface area contributed by atoms with E-state index in [4.69, 9.17) is 0 Å². The molecular weight excluding hydrogens is 76.1 g/mol. The smallest absolute Gasteiger partial charge is 0.0373 e. The van der Waals surface area contributed by atoms with E-state index in [9.17, 15) is 0 Å². The second kappa shape index (κ2) is 3.96. The molecule has 0 atom stereocenters. The van der Waals surface area contributed by atoms with Crippen molar-refractivity contribution in [3.63, 3.8) is 0 Å². The van der Waals surface area contributed by atoms with Crippen LogP contribution in [0.4, 0.5) is 0 Å². The highest BCUT2D eigenvalue weighted by Crippen LogP contribution is 1.71. The lowest BCUT2D eigenvalue weighted by molar-refractivity contribution is 1.23. The minimum Gasteiger partial charge on any atom is -0.108 e. The van der Waals surface area contributed by atoms with E-state index in [2.05, 4.69) is 18.7 Å². The molecular formula is C4H9Si. The molecule has 0 aromatic heterocycles. The Morgan fingerprint density at radius 2 is 2.40 bits per heavy atom. The van der Waals surface area contributed by atoms with Gasteiger partial charge in [-0.25, -0.2) is 0 Å². The molecule has 0 aromatic rings. The Hall–Kier alpha value is -0.0431. The molecule has 0 amide bonds. The Bertz CT molecular complexity index is 30.6. The number of allylic oxidation sites excluding steroid dienone is 1. The zero-order valence-corrected chi connectivity index (χ0v) is 4.98. The fourth-order valence-electron chi connectivity index (χ4n) is 0.167. The molecule has 0 aromatic carbocycles. The predicted molar refractivity (Wildman–Crippen MR) is 28.0 cm³/mol. The summed E-state index contributed by atoms with van der Waals surface area (Å²) in [6.45, 7) is 2.13. The Kier molecular flexibility index (Phi) is 3.92. The highest BCUT2D eigenvalue weighted by Gasteiger charge is 1.52. The monoisotopic (exact) mass is 85.0 g/mol. The van der Waals surface area contributed by atoms with Gasteiger partial charge in [0.2, 0.25) is 0 Å². The van der Waals surface area contributed by atoms with Gasteiger partial charge in [-0.2, -0.15) is 0 Å². The molecule has 0 N–H and O–H groups in total. The van der Waals surface area contributed by atoms with Gasteiger partial charge in [0.25, 0.3) is 0 Å². The minimum absolute atomic E-state index is 1.17. The van der Waals surface area contributed by atoms with Gasteiger partial charge in [-0.1, -0.05) is 13.0 Å². The van der Waals surface area contributed by atoms with Gasteiger partial charge in [-0.3, -0.25) is 0 Å². The Morgan fingerprint density at radius 3 is 2.40 bits per heavy atom. The van der Waals surface area contributed by atoms with E-state index in [1.807, 2.05) is 10.2 Å². The van der Waals surface area contributed by atoms with E-state index < -0.39 is 0 Å². The van der Waals surface area contributed by atoms with Crippen LogP contribution in [0.25, 0.3) is 0 Å². The average molecular weight is 85.2 g/mol. The molecule has 0 rings (SSSR count). The van der Waals surface area contributed by atoms with E-state index in [1.54, 1.807) is 0 Å². The van der Waals surface area contributed by atoms with Gasteiger partial charge >= 0.3 is 0 Å². The molecule has 0 saturated heterocycles. The zero-order valence-electron chi connectivity index (χ0n) is 3.57. The number of rotatable bonds is 1.